The smallest absolute Gasteiger partial charge is 0.264 e. The molecule has 2 aromatic rings. The van der Waals surface area contributed by atoms with E-state index in [0.717, 1.165) is 0 Å². The van der Waals surface area contributed by atoms with Gasteiger partial charge in [0, 0.05) is 24.7 Å². The Kier molecular flexibility index (Phi) is 5.60. The summed E-state index contributed by atoms with van der Waals surface area (Å²) in [6, 6.07) is 10.7. The number of benzene rings is 2. The van der Waals surface area contributed by atoms with Gasteiger partial charge in [-0.2, -0.15) is 4.31 Å². The molecular weight excluding hydrogens is 436 g/mol. The van der Waals surface area contributed by atoms with Crippen LogP contribution in [0, 0.1) is 0 Å². The molecule has 1 fully saturated rings. The van der Waals surface area contributed by atoms with Crippen molar-refractivity contribution in [2.45, 2.75) is 22.6 Å². The van der Waals surface area contributed by atoms with E-state index in [1.54, 1.807) is 12.1 Å². The first-order chi connectivity index (χ1) is 13.8. The topological polar surface area (TPSA) is 84.0 Å². The summed E-state index contributed by atoms with van der Waals surface area (Å²) >= 11 is 5.88. The van der Waals surface area contributed by atoms with Gasteiger partial charge in [-0.25, -0.2) is 16.8 Å². The summed E-state index contributed by atoms with van der Waals surface area (Å²) in [4.78, 5) is 0.337. The lowest BCUT2D eigenvalue weighted by atomic mass is 10.0. The zero-order valence-corrected chi connectivity index (χ0v) is 18.0. The number of sulfonamides is 2. The number of nitrogens with zero attached hydrogens (tertiary/aromatic N) is 2. The number of anilines is 1. The van der Waals surface area contributed by atoms with Crippen LogP contribution < -0.4 is 4.31 Å². The Balaban J connectivity index is 1.69. The summed E-state index contributed by atoms with van der Waals surface area (Å²) < 4.78 is 60.1. The van der Waals surface area contributed by atoms with E-state index in [0.29, 0.717) is 62.0 Å². The van der Waals surface area contributed by atoms with Crippen molar-refractivity contribution in [1.82, 2.24) is 4.31 Å². The highest BCUT2D eigenvalue weighted by Crippen LogP contribution is 2.34. The van der Waals surface area contributed by atoms with Crippen LogP contribution in [-0.4, -0.2) is 54.0 Å². The number of hydrogen-bond acceptors (Lipinski definition) is 5. The van der Waals surface area contributed by atoms with Gasteiger partial charge in [0.15, 0.2) is 0 Å². The van der Waals surface area contributed by atoms with Crippen LogP contribution in [0.5, 0.6) is 0 Å². The van der Waals surface area contributed by atoms with Crippen molar-refractivity contribution >= 4 is 37.3 Å². The van der Waals surface area contributed by atoms with Gasteiger partial charge in [0.05, 0.1) is 28.7 Å². The van der Waals surface area contributed by atoms with Crippen LogP contribution in [0.3, 0.4) is 0 Å². The molecule has 0 saturated carbocycles. The molecule has 156 valence electrons. The van der Waals surface area contributed by atoms with Crippen molar-refractivity contribution in [2.75, 3.05) is 37.2 Å². The molecule has 0 atom stereocenters. The van der Waals surface area contributed by atoms with Gasteiger partial charge in [0.25, 0.3) is 10.0 Å². The third-order valence-corrected chi connectivity index (χ3v) is 9.11. The number of rotatable bonds is 4. The number of ether oxygens (including phenoxy) is 1. The predicted molar refractivity (Wildman–Crippen MR) is 110 cm³/mol. The van der Waals surface area contributed by atoms with E-state index in [2.05, 4.69) is 0 Å². The van der Waals surface area contributed by atoms with E-state index in [1.165, 1.54) is 38.9 Å². The molecule has 2 aliphatic rings. The number of aryl methyl sites for hydroxylation is 1. The standard InChI is InChI=1S/C19H21ClN2O5S2/c20-16-3-5-17(6-4-16)29(25,26)22-9-1-2-15-14-18(7-8-19(15)22)28(23,24)21-10-12-27-13-11-21/h3-8,14H,1-2,9-13H2. The molecule has 2 aromatic carbocycles. The molecular formula is C19H21ClN2O5S2. The van der Waals surface area contributed by atoms with Crippen molar-refractivity contribution in [2.24, 2.45) is 0 Å². The average molecular weight is 457 g/mol. The Labute approximate surface area is 175 Å². The molecule has 29 heavy (non-hydrogen) atoms. The van der Waals surface area contributed by atoms with Gasteiger partial charge < -0.3 is 4.74 Å². The van der Waals surface area contributed by atoms with Crippen LogP contribution in [0.2, 0.25) is 5.02 Å². The molecule has 0 bridgehead atoms. The fraction of sp³-hybridized carbons (Fsp3) is 0.368. The SMILES string of the molecule is O=S(=O)(c1ccc2c(c1)CCCN2S(=O)(=O)c1ccc(Cl)cc1)N1CCOCC1. The average Bonchev–Trinajstić information content (AvgIpc) is 2.73. The second-order valence-electron chi connectivity index (χ2n) is 6.94. The van der Waals surface area contributed by atoms with Crippen molar-refractivity contribution in [1.29, 1.82) is 0 Å². The normalized spacial score (nSPS) is 18.4. The van der Waals surface area contributed by atoms with E-state index >= 15 is 0 Å². The zero-order valence-electron chi connectivity index (χ0n) is 15.6. The Morgan fingerprint density at radius 2 is 1.48 bits per heavy atom. The highest BCUT2D eigenvalue weighted by atomic mass is 35.5. The molecule has 7 nitrogen and oxygen atoms in total. The maximum absolute atomic E-state index is 13.1. The quantitative estimate of drug-likeness (QED) is 0.705. The summed E-state index contributed by atoms with van der Waals surface area (Å²) in [6.45, 7) is 1.72. The minimum Gasteiger partial charge on any atom is -0.379 e. The van der Waals surface area contributed by atoms with Crippen molar-refractivity contribution in [3.05, 3.63) is 53.1 Å². The molecule has 0 spiro atoms. The van der Waals surface area contributed by atoms with E-state index in [9.17, 15) is 16.8 Å². The fourth-order valence-corrected chi connectivity index (χ4v) is 6.75. The monoisotopic (exact) mass is 456 g/mol. The van der Waals surface area contributed by atoms with E-state index < -0.39 is 20.0 Å². The summed E-state index contributed by atoms with van der Waals surface area (Å²) in [6.07, 6.45) is 1.23. The molecule has 0 radical (unpaired) electrons. The van der Waals surface area contributed by atoms with Gasteiger partial charge in [0.1, 0.15) is 0 Å². The van der Waals surface area contributed by atoms with Crippen LogP contribution in [0.15, 0.2) is 52.3 Å². The second kappa shape index (κ2) is 7.88. The van der Waals surface area contributed by atoms with Crippen molar-refractivity contribution in [3.8, 4) is 0 Å². The fourth-order valence-electron chi connectivity index (χ4n) is 3.62. The van der Waals surface area contributed by atoms with Crippen LogP contribution >= 0.6 is 11.6 Å². The lowest BCUT2D eigenvalue weighted by molar-refractivity contribution is 0.0730. The number of fused-ring (bicyclic) bond motifs is 1. The second-order valence-corrected chi connectivity index (χ2v) is 11.2. The first-order valence-corrected chi connectivity index (χ1v) is 12.5. The maximum atomic E-state index is 13.1. The molecule has 0 aliphatic carbocycles. The highest BCUT2D eigenvalue weighted by molar-refractivity contribution is 7.92. The highest BCUT2D eigenvalue weighted by Gasteiger charge is 2.32. The van der Waals surface area contributed by atoms with E-state index in [-0.39, 0.29) is 9.79 Å². The molecule has 1 saturated heterocycles. The van der Waals surface area contributed by atoms with Crippen LogP contribution in [0.1, 0.15) is 12.0 Å². The predicted octanol–water partition coefficient (Wildman–Crippen LogP) is 2.50. The van der Waals surface area contributed by atoms with Gasteiger partial charge in [-0.15, -0.1) is 0 Å². The van der Waals surface area contributed by atoms with Gasteiger partial charge in [0.2, 0.25) is 10.0 Å². The van der Waals surface area contributed by atoms with Crippen LogP contribution in [-0.2, 0) is 31.2 Å². The van der Waals surface area contributed by atoms with E-state index in [4.69, 9.17) is 16.3 Å². The number of hydrogen-bond donors (Lipinski definition) is 0. The molecule has 0 N–H and O–H groups in total. The molecule has 4 rings (SSSR count). The molecule has 0 unspecified atom stereocenters. The number of halogens is 1. The molecule has 2 aliphatic heterocycles. The van der Waals surface area contributed by atoms with Crippen molar-refractivity contribution < 1.29 is 21.6 Å². The Hall–Kier alpha value is -1.65. The Morgan fingerprint density at radius 3 is 2.17 bits per heavy atom. The Morgan fingerprint density at radius 1 is 0.828 bits per heavy atom. The maximum Gasteiger partial charge on any atom is 0.264 e. The Bertz CT molecular complexity index is 1110. The summed E-state index contributed by atoms with van der Waals surface area (Å²) in [5, 5.41) is 0.459. The summed E-state index contributed by atoms with van der Waals surface area (Å²) in [7, 11) is -7.40. The van der Waals surface area contributed by atoms with Crippen LogP contribution in [0.25, 0.3) is 0 Å². The molecule has 0 amide bonds. The lowest BCUT2D eigenvalue weighted by Gasteiger charge is -2.31. The third kappa shape index (κ3) is 3.89. The minimum absolute atomic E-state index is 0.153. The lowest BCUT2D eigenvalue weighted by Crippen LogP contribution is -2.40. The van der Waals surface area contributed by atoms with Crippen LogP contribution in [0.4, 0.5) is 5.69 Å². The largest absolute Gasteiger partial charge is 0.379 e. The van der Waals surface area contributed by atoms with Gasteiger partial charge >= 0.3 is 0 Å². The van der Waals surface area contributed by atoms with E-state index in [1.807, 2.05) is 0 Å². The molecule has 0 aromatic heterocycles. The first-order valence-electron chi connectivity index (χ1n) is 9.29. The summed E-state index contributed by atoms with van der Waals surface area (Å²) in [5.74, 6) is 0. The molecule has 10 heteroatoms. The van der Waals surface area contributed by atoms with Gasteiger partial charge in [-0.1, -0.05) is 11.6 Å². The van der Waals surface area contributed by atoms with Crippen molar-refractivity contribution in [3.63, 3.8) is 0 Å². The summed E-state index contributed by atoms with van der Waals surface area (Å²) in [5.41, 5.74) is 1.23. The zero-order chi connectivity index (χ0) is 20.6. The molecule has 2 heterocycles. The minimum atomic E-state index is -3.76. The number of morpholine rings is 1. The first kappa shape index (κ1) is 20.6. The van der Waals surface area contributed by atoms with Gasteiger partial charge in [-0.05, 0) is 60.9 Å². The van der Waals surface area contributed by atoms with Gasteiger partial charge in [-0.3, -0.25) is 4.31 Å². The third-order valence-electron chi connectivity index (χ3n) is 5.14.